The first-order valence-electron chi connectivity index (χ1n) is 6.18. The Balaban J connectivity index is 2.39. The lowest BCUT2D eigenvalue weighted by atomic mass is 10.3. The minimum atomic E-state index is -3.79. The standard InChI is InChI=1S/C12H16BrN5O2S/c1-7-4-9(13)5-15-11(7)18-21(19,20)12-10(6-14-3)8(2)16-17-12/h4-5,14H,6H2,1-3H3,(H,15,18)(H,16,17). The fraction of sp³-hybridized carbons (Fsp3) is 0.333. The van der Waals surface area contributed by atoms with Gasteiger partial charge in [0, 0.05) is 28.5 Å². The molecule has 2 heterocycles. The lowest BCUT2D eigenvalue weighted by Crippen LogP contribution is -2.18. The molecule has 0 aliphatic heterocycles. The average Bonchev–Trinajstić information content (AvgIpc) is 2.76. The Morgan fingerprint density at radius 1 is 1.38 bits per heavy atom. The molecule has 3 N–H and O–H groups in total. The summed E-state index contributed by atoms with van der Waals surface area (Å²) in [7, 11) is -2.04. The Kier molecular flexibility index (Phi) is 4.64. The van der Waals surface area contributed by atoms with Crippen LogP contribution in [0.25, 0.3) is 0 Å². The second kappa shape index (κ2) is 6.12. The molecule has 0 aliphatic carbocycles. The van der Waals surface area contributed by atoms with Crippen molar-refractivity contribution in [3.8, 4) is 0 Å². The number of anilines is 1. The Bertz CT molecular complexity index is 757. The second-order valence-corrected chi connectivity index (χ2v) is 7.10. The summed E-state index contributed by atoms with van der Waals surface area (Å²) in [6.45, 7) is 3.97. The van der Waals surface area contributed by atoms with E-state index in [1.807, 2.05) is 0 Å². The minimum absolute atomic E-state index is 0.0153. The van der Waals surface area contributed by atoms with Crippen molar-refractivity contribution in [2.24, 2.45) is 0 Å². The molecule has 0 aliphatic rings. The summed E-state index contributed by atoms with van der Waals surface area (Å²) < 4.78 is 28.2. The van der Waals surface area contributed by atoms with Crippen molar-refractivity contribution in [2.75, 3.05) is 11.8 Å². The molecule has 0 bridgehead atoms. The zero-order chi connectivity index (χ0) is 15.6. The van der Waals surface area contributed by atoms with Gasteiger partial charge in [0.15, 0.2) is 0 Å². The number of aromatic amines is 1. The maximum Gasteiger partial charge on any atom is 0.282 e. The molecule has 0 radical (unpaired) electrons. The van der Waals surface area contributed by atoms with Crippen LogP contribution in [-0.4, -0.2) is 30.6 Å². The molecule has 2 aromatic heterocycles. The largest absolute Gasteiger partial charge is 0.316 e. The van der Waals surface area contributed by atoms with Crippen LogP contribution in [0, 0.1) is 13.8 Å². The fourth-order valence-corrected chi connectivity index (χ4v) is 3.59. The molecule has 0 aromatic carbocycles. The third-order valence-corrected chi connectivity index (χ3v) is 4.66. The van der Waals surface area contributed by atoms with Gasteiger partial charge in [0.1, 0.15) is 5.82 Å². The summed E-state index contributed by atoms with van der Waals surface area (Å²) in [5.41, 5.74) is 2.04. The van der Waals surface area contributed by atoms with E-state index in [2.05, 4.69) is 41.2 Å². The predicted molar refractivity (Wildman–Crippen MR) is 83.6 cm³/mol. The number of hydrogen-bond donors (Lipinski definition) is 3. The molecule has 21 heavy (non-hydrogen) atoms. The minimum Gasteiger partial charge on any atom is -0.316 e. The molecule has 2 rings (SSSR count). The smallest absolute Gasteiger partial charge is 0.282 e. The van der Waals surface area contributed by atoms with Crippen molar-refractivity contribution in [3.63, 3.8) is 0 Å². The van der Waals surface area contributed by atoms with E-state index in [9.17, 15) is 8.42 Å². The van der Waals surface area contributed by atoms with Crippen molar-refractivity contribution in [3.05, 3.63) is 33.6 Å². The van der Waals surface area contributed by atoms with Crippen LogP contribution in [0.4, 0.5) is 5.82 Å². The molecule has 0 unspecified atom stereocenters. The third-order valence-electron chi connectivity index (χ3n) is 2.92. The maximum atomic E-state index is 12.5. The first-order chi connectivity index (χ1) is 9.85. The highest BCUT2D eigenvalue weighted by Gasteiger charge is 2.24. The number of hydrogen-bond acceptors (Lipinski definition) is 5. The lowest BCUT2D eigenvalue weighted by molar-refractivity contribution is 0.594. The highest BCUT2D eigenvalue weighted by atomic mass is 79.9. The zero-order valence-electron chi connectivity index (χ0n) is 11.9. The molecule has 0 fully saturated rings. The van der Waals surface area contributed by atoms with Gasteiger partial charge in [0.05, 0.1) is 0 Å². The number of nitrogens with one attached hydrogen (secondary N) is 3. The van der Waals surface area contributed by atoms with Gasteiger partial charge >= 0.3 is 0 Å². The third kappa shape index (κ3) is 3.42. The van der Waals surface area contributed by atoms with Crippen molar-refractivity contribution < 1.29 is 8.42 Å². The highest BCUT2D eigenvalue weighted by Crippen LogP contribution is 2.22. The van der Waals surface area contributed by atoms with Crippen molar-refractivity contribution in [1.82, 2.24) is 20.5 Å². The first kappa shape index (κ1) is 15.9. The van der Waals surface area contributed by atoms with E-state index >= 15 is 0 Å². The van der Waals surface area contributed by atoms with Gasteiger partial charge in [0.2, 0.25) is 5.03 Å². The summed E-state index contributed by atoms with van der Waals surface area (Å²) in [6.07, 6.45) is 1.54. The van der Waals surface area contributed by atoms with Crippen LogP contribution < -0.4 is 10.0 Å². The highest BCUT2D eigenvalue weighted by molar-refractivity contribution is 9.10. The molecule has 0 saturated heterocycles. The van der Waals surface area contributed by atoms with E-state index in [1.165, 1.54) is 6.20 Å². The van der Waals surface area contributed by atoms with E-state index in [-0.39, 0.29) is 10.8 Å². The van der Waals surface area contributed by atoms with Gasteiger partial charge in [-0.3, -0.25) is 9.82 Å². The Morgan fingerprint density at radius 2 is 2.10 bits per heavy atom. The summed E-state index contributed by atoms with van der Waals surface area (Å²) in [5, 5.41) is 9.51. The van der Waals surface area contributed by atoms with Gasteiger partial charge in [-0.15, -0.1) is 0 Å². The second-order valence-electron chi connectivity index (χ2n) is 4.59. The van der Waals surface area contributed by atoms with E-state index < -0.39 is 10.0 Å². The SMILES string of the molecule is CNCc1c(S(=O)(=O)Nc2ncc(Br)cc2C)n[nH]c1C. The van der Waals surface area contributed by atoms with Gasteiger partial charge in [-0.2, -0.15) is 13.5 Å². The molecule has 9 heteroatoms. The fourth-order valence-electron chi connectivity index (χ4n) is 1.86. The number of halogens is 1. The van der Waals surface area contributed by atoms with E-state index in [1.54, 1.807) is 27.0 Å². The van der Waals surface area contributed by atoms with Gasteiger partial charge in [-0.1, -0.05) is 0 Å². The Morgan fingerprint density at radius 3 is 2.71 bits per heavy atom. The Labute approximate surface area is 131 Å². The van der Waals surface area contributed by atoms with Gasteiger partial charge in [-0.25, -0.2) is 4.98 Å². The number of H-pyrrole nitrogens is 1. The monoisotopic (exact) mass is 373 g/mol. The zero-order valence-corrected chi connectivity index (χ0v) is 14.3. The van der Waals surface area contributed by atoms with Crippen molar-refractivity contribution >= 4 is 31.8 Å². The van der Waals surface area contributed by atoms with Crippen LogP contribution in [0.2, 0.25) is 0 Å². The van der Waals surface area contributed by atoms with E-state index in [4.69, 9.17) is 0 Å². The van der Waals surface area contributed by atoms with Crippen LogP contribution in [0.3, 0.4) is 0 Å². The molecule has 7 nitrogen and oxygen atoms in total. The number of sulfonamides is 1. The van der Waals surface area contributed by atoms with Crippen LogP contribution in [0.15, 0.2) is 21.8 Å². The summed E-state index contributed by atoms with van der Waals surface area (Å²) in [4.78, 5) is 4.08. The average molecular weight is 374 g/mol. The molecule has 0 amide bonds. The van der Waals surface area contributed by atoms with Crippen LogP contribution >= 0.6 is 15.9 Å². The molecule has 114 valence electrons. The van der Waals surface area contributed by atoms with Crippen molar-refractivity contribution in [2.45, 2.75) is 25.4 Å². The number of aryl methyl sites for hydroxylation is 2. The summed E-state index contributed by atoms with van der Waals surface area (Å²) >= 11 is 3.29. The van der Waals surface area contributed by atoms with Crippen LogP contribution in [-0.2, 0) is 16.6 Å². The topological polar surface area (TPSA) is 99.8 Å². The molecule has 2 aromatic rings. The number of nitrogens with zero attached hydrogens (tertiary/aromatic N) is 2. The Hall–Kier alpha value is -1.45. The molecular weight excluding hydrogens is 358 g/mol. The first-order valence-corrected chi connectivity index (χ1v) is 8.46. The number of aromatic nitrogens is 3. The molecule has 0 spiro atoms. The summed E-state index contributed by atoms with van der Waals surface area (Å²) in [5.74, 6) is 0.286. The van der Waals surface area contributed by atoms with E-state index in [0.29, 0.717) is 17.8 Å². The van der Waals surface area contributed by atoms with Gasteiger partial charge < -0.3 is 5.32 Å². The maximum absolute atomic E-state index is 12.5. The van der Waals surface area contributed by atoms with Crippen molar-refractivity contribution in [1.29, 1.82) is 0 Å². The lowest BCUT2D eigenvalue weighted by Gasteiger charge is -2.09. The molecule has 0 atom stereocenters. The molecule has 0 saturated carbocycles. The van der Waals surface area contributed by atoms with Crippen LogP contribution in [0.1, 0.15) is 16.8 Å². The number of pyridine rings is 1. The number of rotatable bonds is 5. The molecular formula is C12H16BrN5O2S. The van der Waals surface area contributed by atoms with Gasteiger partial charge in [-0.05, 0) is 48.5 Å². The predicted octanol–water partition coefficient (Wildman–Crippen LogP) is 1.70. The van der Waals surface area contributed by atoms with Gasteiger partial charge in [0.25, 0.3) is 10.0 Å². The normalized spacial score (nSPS) is 11.6. The van der Waals surface area contributed by atoms with Crippen LogP contribution in [0.5, 0.6) is 0 Å². The quantitative estimate of drug-likeness (QED) is 0.740. The summed E-state index contributed by atoms with van der Waals surface area (Å²) in [6, 6.07) is 1.79. The van der Waals surface area contributed by atoms with E-state index in [0.717, 1.165) is 10.0 Å².